The first kappa shape index (κ1) is 28.1. The van der Waals surface area contributed by atoms with Crippen molar-refractivity contribution in [2.24, 2.45) is 17.8 Å². The van der Waals surface area contributed by atoms with E-state index >= 15 is 0 Å². The van der Waals surface area contributed by atoms with Crippen LogP contribution in [0.4, 0.5) is 0 Å². The Bertz CT molecular complexity index is 1440. The van der Waals surface area contributed by atoms with Gasteiger partial charge in [-0.1, -0.05) is 86.9 Å². The van der Waals surface area contributed by atoms with Crippen molar-refractivity contribution in [3.63, 3.8) is 0 Å². The van der Waals surface area contributed by atoms with Crippen LogP contribution in [-0.2, 0) is 22.4 Å². The van der Waals surface area contributed by atoms with Crippen LogP contribution in [0.15, 0.2) is 108 Å². The summed E-state index contributed by atoms with van der Waals surface area (Å²) in [5, 5.41) is 0. The number of rotatable bonds is 9. The van der Waals surface area contributed by atoms with Crippen molar-refractivity contribution < 1.29 is 9.53 Å². The second-order valence-corrected chi connectivity index (χ2v) is 11.8. The van der Waals surface area contributed by atoms with E-state index in [0.717, 1.165) is 54.4 Å². The van der Waals surface area contributed by atoms with Crippen LogP contribution < -0.4 is 0 Å². The molecule has 0 aromatic heterocycles. The molecule has 5 rings (SSSR count). The number of ketones is 1. The molecule has 2 aromatic carbocycles. The molecule has 0 saturated carbocycles. The zero-order valence-electron chi connectivity index (χ0n) is 24.3. The van der Waals surface area contributed by atoms with Gasteiger partial charge in [0.2, 0.25) is 0 Å². The van der Waals surface area contributed by atoms with Crippen LogP contribution in [0.25, 0.3) is 5.57 Å². The number of Topliss-reactive ketones (excluding diaryl/α,β-unsaturated/α-hetero) is 1. The molecule has 0 amide bonds. The summed E-state index contributed by atoms with van der Waals surface area (Å²) in [6.07, 6.45) is 15.2. The maximum atomic E-state index is 13.0. The smallest absolute Gasteiger partial charge is 0.162 e. The summed E-state index contributed by atoms with van der Waals surface area (Å²) >= 11 is 0. The third kappa shape index (κ3) is 6.29. The van der Waals surface area contributed by atoms with E-state index < -0.39 is 0 Å². The van der Waals surface area contributed by atoms with Gasteiger partial charge in [-0.2, -0.15) is 0 Å². The van der Waals surface area contributed by atoms with Gasteiger partial charge in [-0.3, -0.25) is 4.79 Å². The van der Waals surface area contributed by atoms with Gasteiger partial charge in [-0.15, -0.1) is 0 Å². The molecule has 2 aromatic rings. The fourth-order valence-corrected chi connectivity index (χ4v) is 6.14. The van der Waals surface area contributed by atoms with Gasteiger partial charge in [0.1, 0.15) is 0 Å². The molecule has 2 heteroatoms. The van der Waals surface area contributed by atoms with Crippen LogP contribution in [0.2, 0.25) is 0 Å². The van der Waals surface area contributed by atoms with E-state index in [1.165, 1.54) is 33.4 Å². The lowest BCUT2D eigenvalue weighted by molar-refractivity contribution is -0.121. The fourth-order valence-electron chi connectivity index (χ4n) is 6.14. The molecule has 40 heavy (non-hydrogen) atoms. The van der Waals surface area contributed by atoms with Crippen LogP contribution in [-0.4, -0.2) is 19.0 Å². The molecule has 2 nitrogen and oxygen atoms in total. The predicted molar refractivity (Wildman–Crippen MR) is 167 cm³/mol. The topological polar surface area (TPSA) is 26.3 Å². The summed E-state index contributed by atoms with van der Waals surface area (Å²) in [6, 6.07) is 15.5. The van der Waals surface area contributed by atoms with E-state index in [2.05, 4.69) is 107 Å². The normalized spacial score (nSPS) is 20.1. The molecular formula is C38H42O2. The van der Waals surface area contributed by atoms with Crippen molar-refractivity contribution in [2.45, 2.75) is 52.9 Å². The highest BCUT2D eigenvalue weighted by atomic mass is 16.5. The van der Waals surface area contributed by atoms with E-state index in [1.807, 2.05) is 0 Å². The molecule has 1 aliphatic heterocycles. The van der Waals surface area contributed by atoms with Gasteiger partial charge in [-0.25, -0.2) is 0 Å². The SMILES string of the molecule is C=C(C1=CC=CC(Cc2ccc(C)c(C)c2)C1=C)C(C)Cc1cccc(C2=CCC(C(=O)C3CCOCC3)=C2)c1. The maximum Gasteiger partial charge on any atom is 0.162 e. The first-order chi connectivity index (χ1) is 19.3. The van der Waals surface area contributed by atoms with Gasteiger partial charge in [0, 0.05) is 25.0 Å². The molecule has 0 radical (unpaired) electrons. The standard InChI is InChI=1S/C38H42O2/c1-25-12-13-31(20-26(25)2)22-33-9-7-11-37(29(33)5)28(4)27(3)21-30-8-6-10-34(23-30)35-14-15-36(24-35)38(39)32-16-18-40-19-17-32/h6-14,20,23-24,27,32-33H,4-5,15-19,21-22H2,1-3H3. The molecule has 1 fully saturated rings. The first-order valence-corrected chi connectivity index (χ1v) is 14.7. The van der Waals surface area contributed by atoms with Crippen LogP contribution in [0, 0.1) is 31.6 Å². The van der Waals surface area contributed by atoms with Gasteiger partial charge in [0.05, 0.1) is 0 Å². The average Bonchev–Trinajstić information content (AvgIpc) is 3.46. The van der Waals surface area contributed by atoms with Crippen LogP contribution in [0.5, 0.6) is 0 Å². The number of hydrogen-bond donors (Lipinski definition) is 0. The summed E-state index contributed by atoms with van der Waals surface area (Å²) < 4.78 is 5.44. The number of allylic oxidation sites excluding steroid dienone is 10. The lowest BCUT2D eigenvalue weighted by Gasteiger charge is -2.26. The summed E-state index contributed by atoms with van der Waals surface area (Å²) in [5.41, 5.74) is 12.1. The quantitative estimate of drug-likeness (QED) is 0.324. The van der Waals surface area contributed by atoms with Gasteiger partial charge in [-0.05, 0) is 114 Å². The van der Waals surface area contributed by atoms with Crippen molar-refractivity contribution >= 4 is 11.4 Å². The van der Waals surface area contributed by atoms with Gasteiger partial charge < -0.3 is 4.74 Å². The van der Waals surface area contributed by atoms with Crippen molar-refractivity contribution in [1.29, 1.82) is 0 Å². The molecule has 206 valence electrons. The number of hydrogen-bond acceptors (Lipinski definition) is 2. The second-order valence-electron chi connectivity index (χ2n) is 11.8. The first-order valence-electron chi connectivity index (χ1n) is 14.7. The molecule has 0 spiro atoms. The summed E-state index contributed by atoms with van der Waals surface area (Å²) in [7, 11) is 0. The van der Waals surface area contributed by atoms with Crippen LogP contribution >= 0.6 is 0 Å². The van der Waals surface area contributed by atoms with E-state index in [9.17, 15) is 4.79 Å². The lowest BCUT2D eigenvalue weighted by atomic mass is 9.78. The minimum Gasteiger partial charge on any atom is -0.381 e. The number of carbonyl (C=O) groups is 1. The molecule has 0 N–H and O–H groups in total. The Balaban J connectivity index is 1.22. The second kappa shape index (κ2) is 12.4. The van der Waals surface area contributed by atoms with E-state index in [0.29, 0.717) is 19.0 Å². The Morgan fingerprint density at radius 1 is 1.05 bits per heavy atom. The predicted octanol–water partition coefficient (Wildman–Crippen LogP) is 8.66. The van der Waals surface area contributed by atoms with Gasteiger partial charge >= 0.3 is 0 Å². The number of benzene rings is 2. The van der Waals surface area contributed by atoms with Gasteiger partial charge in [0.15, 0.2) is 5.78 Å². The molecule has 2 aliphatic carbocycles. The van der Waals surface area contributed by atoms with Crippen LogP contribution in [0.3, 0.4) is 0 Å². The van der Waals surface area contributed by atoms with E-state index in [-0.39, 0.29) is 17.8 Å². The third-order valence-corrected chi connectivity index (χ3v) is 8.95. The molecule has 1 heterocycles. The Kier molecular flexibility index (Phi) is 8.66. The largest absolute Gasteiger partial charge is 0.381 e. The van der Waals surface area contributed by atoms with E-state index in [4.69, 9.17) is 4.74 Å². The molecule has 2 atom stereocenters. The molecule has 1 saturated heterocycles. The average molecular weight is 531 g/mol. The Labute approximate surface area is 240 Å². The minimum absolute atomic E-state index is 0.116. The number of ether oxygens (including phenoxy) is 1. The number of aryl methyl sites for hydroxylation is 2. The lowest BCUT2D eigenvalue weighted by Crippen LogP contribution is -2.24. The fraction of sp³-hybridized carbons (Fsp3) is 0.342. The minimum atomic E-state index is 0.116. The van der Waals surface area contributed by atoms with E-state index in [1.54, 1.807) is 0 Å². The summed E-state index contributed by atoms with van der Waals surface area (Å²) in [5.74, 6) is 0.992. The molecule has 0 bridgehead atoms. The highest BCUT2D eigenvalue weighted by Crippen LogP contribution is 2.36. The van der Waals surface area contributed by atoms with Crippen molar-refractivity contribution in [2.75, 3.05) is 13.2 Å². The molecule has 2 unspecified atom stereocenters. The Morgan fingerprint density at radius 3 is 2.62 bits per heavy atom. The molecular weight excluding hydrogens is 488 g/mol. The van der Waals surface area contributed by atoms with Crippen molar-refractivity contribution in [1.82, 2.24) is 0 Å². The third-order valence-electron chi connectivity index (χ3n) is 8.95. The summed E-state index contributed by atoms with van der Waals surface area (Å²) in [6.45, 7) is 17.1. The van der Waals surface area contributed by atoms with Crippen LogP contribution in [0.1, 0.15) is 54.0 Å². The monoisotopic (exact) mass is 530 g/mol. The number of carbonyl (C=O) groups excluding carboxylic acids is 1. The zero-order chi connectivity index (χ0) is 28.2. The summed E-state index contributed by atoms with van der Waals surface area (Å²) in [4.78, 5) is 13.0. The Morgan fingerprint density at radius 2 is 1.85 bits per heavy atom. The Hall–Kier alpha value is -3.49. The molecule has 3 aliphatic rings. The maximum absolute atomic E-state index is 13.0. The highest BCUT2D eigenvalue weighted by molar-refractivity contribution is 6.02. The zero-order valence-corrected chi connectivity index (χ0v) is 24.3. The van der Waals surface area contributed by atoms with Crippen molar-refractivity contribution in [3.8, 4) is 0 Å². The van der Waals surface area contributed by atoms with Gasteiger partial charge in [0.25, 0.3) is 0 Å². The highest BCUT2D eigenvalue weighted by Gasteiger charge is 2.26. The van der Waals surface area contributed by atoms with Crippen molar-refractivity contribution in [3.05, 3.63) is 136 Å².